The van der Waals surface area contributed by atoms with Crippen LogP contribution in [-0.2, 0) is 0 Å². The standard InChI is InChI=1S/C18H20N4O2.C2H6/c1-12(2)16-18(21-13(3)17(22-16)23-4)24-15(10-19)11-20-14-8-6-5-7-9-14;1-2/h5-9,11-12,20H,1-4H3;1-2H3/b15-11+;. The lowest BCUT2D eigenvalue weighted by Gasteiger charge is -2.14. The fourth-order valence-corrected chi connectivity index (χ4v) is 2.01. The summed E-state index contributed by atoms with van der Waals surface area (Å²) in [6.45, 7) is 9.73. The summed E-state index contributed by atoms with van der Waals surface area (Å²) >= 11 is 0. The van der Waals surface area contributed by atoms with Crippen LogP contribution in [0.1, 0.15) is 45.0 Å². The smallest absolute Gasteiger partial charge is 0.242 e. The second kappa shape index (κ2) is 10.7. The number of rotatable bonds is 6. The number of aromatic nitrogens is 2. The number of allylic oxidation sites excluding steroid dienone is 1. The zero-order chi connectivity index (χ0) is 19.5. The number of aryl methyl sites for hydroxylation is 1. The first kappa shape index (κ1) is 21.0. The molecule has 0 fully saturated rings. The first-order valence-corrected chi connectivity index (χ1v) is 8.57. The fraction of sp³-hybridized carbons (Fsp3) is 0.350. The van der Waals surface area contributed by atoms with Gasteiger partial charge in [-0.2, -0.15) is 5.26 Å². The van der Waals surface area contributed by atoms with Crippen LogP contribution in [-0.4, -0.2) is 17.1 Å². The van der Waals surface area contributed by atoms with Crippen LogP contribution in [0, 0.1) is 18.3 Å². The molecule has 0 spiro atoms. The average Bonchev–Trinajstić information content (AvgIpc) is 2.67. The van der Waals surface area contributed by atoms with Gasteiger partial charge in [0.15, 0.2) is 0 Å². The summed E-state index contributed by atoms with van der Waals surface area (Å²) in [5.74, 6) is 0.936. The predicted octanol–water partition coefficient (Wildman–Crippen LogP) is 4.80. The van der Waals surface area contributed by atoms with E-state index in [0.29, 0.717) is 23.1 Å². The lowest BCUT2D eigenvalue weighted by atomic mass is 10.1. The Hall–Kier alpha value is -3.07. The van der Waals surface area contributed by atoms with E-state index in [9.17, 15) is 5.26 Å². The molecular weight excluding hydrogens is 328 g/mol. The van der Waals surface area contributed by atoms with Crippen LogP contribution in [0.2, 0.25) is 0 Å². The molecule has 6 heteroatoms. The monoisotopic (exact) mass is 354 g/mol. The van der Waals surface area contributed by atoms with Crippen LogP contribution in [0.4, 0.5) is 5.69 Å². The molecule has 0 saturated heterocycles. The molecule has 6 nitrogen and oxygen atoms in total. The first-order valence-electron chi connectivity index (χ1n) is 8.57. The molecule has 2 aromatic rings. The molecule has 1 heterocycles. The van der Waals surface area contributed by atoms with Gasteiger partial charge in [-0.05, 0) is 19.1 Å². The highest BCUT2D eigenvalue weighted by Crippen LogP contribution is 2.28. The molecule has 0 saturated carbocycles. The number of nitrogens with zero attached hydrogens (tertiary/aromatic N) is 3. The van der Waals surface area contributed by atoms with Crippen molar-refractivity contribution in [2.75, 3.05) is 12.4 Å². The van der Waals surface area contributed by atoms with E-state index in [4.69, 9.17) is 9.47 Å². The molecule has 0 aliphatic rings. The van der Waals surface area contributed by atoms with Crippen LogP contribution in [0.25, 0.3) is 0 Å². The summed E-state index contributed by atoms with van der Waals surface area (Å²) in [7, 11) is 1.55. The summed E-state index contributed by atoms with van der Waals surface area (Å²) in [5, 5.41) is 12.3. The molecule has 0 aliphatic carbocycles. The summed E-state index contributed by atoms with van der Waals surface area (Å²) < 4.78 is 10.9. The van der Waals surface area contributed by atoms with Gasteiger partial charge in [-0.15, -0.1) is 0 Å². The summed E-state index contributed by atoms with van der Waals surface area (Å²) in [4.78, 5) is 8.81. The highest BCUT2D eigenvalue weighted by atomic mass is 16.5. The Morgan fingerprint density at radius 1 is 1.15 bits per heavy atom. The number of benzene rings is 1. The maximum Gasteiger partial charge on any atom is 0.242 e. The highest BCUT2D eigenvalue weighted by Gasteiger charge is 2.17. The molecule has 138 valence electrons. The number of nitriles is 1. The van der Waals surface area contributed by atoms with Crippen molar-refractivity contribution in [3.63, 3.8) is 0 Å². The summed E-state index contributed by atoms with van der Waals surface area (Å²) in [6, 6.07) is 11.5. The van der Waals surface area contributed by atoms with Crippen molar-refractivity contribution < 1.29 is 9.47 Å². The molecule has 0 atom stereocenters. The van der Waals surface area contributed by atoms with Crippen LogP contribution >= 0.6 is 0 Å². The van der Waals surface area contributed by atoms with E-state index in [0.717, 1.165) is 5.69 Å². The minimum absolute atomic E-state index is 0.0732. The summed E-state index contributed by atoms with van der Waals surface area (Å²) in [6.07, 6.45) is 1.50. The van der Waals surface area contributed by atoms with Gasteiger partial charge >= 0.3 is 0 Å². The van der Waals surface area contributed by atoms with E-state index in [1.165, 1.54) is 6.20 Å². The number of nitrogens with one attached hydrogen (secondary N) is 1. The van der Waals surface area contributed by atoms with Crippen molar-refractivity contribution in [1.82, 2.24) is 9.97 Å². The van der Waals surface area contributed by atoms with Crippen molar-refractivity contribution in [3.05, 3.63) is 53.7 Å². The molecule has 2 rings (SSSR count). The van der Waals surface area contributed by atoms with Crippen molar-refractivity contribution in [1.29, 1.82) is 5.26 Å². The molecule has 0 unspecified atom stereocenters. The molecule has 1 aromatic heterocycles. The second-order valence-corrected chi connectivity index (χ2v) is 5.40. The van der Waals surface area contributed by atoms with Gasteiger partial charge < -0.3 is 14.8 Å². The largest absolute Gasteiger partial charge is 0.480 e. The molecule has 1 N–H and O–H groups in total. The van der Waals surface area contributed by atoms with Gasteiger partial charge in [0, 0.05) is 11.6 Å². The third-order valence-electron chi connectivity index (χ3n) is 3.22. The third-order valence-corrected chi connectivity index (χ3v) is 3.22. The van der Waals surface area contributed by atoms with Gasteiger partial charge in [-0.25, -0.2) is 9.97 Å². The maximum absolute atomic E-state index is 9.31. The summed E-state index contributed by atoms with van der Waals surface area (Å²) in [5.41, 5.74) is 2.10. The Balaban J connectivity index is 0.00000163. The lowest BCUT2D eigenvalue weighted by Crippen LogP contribution is -2.07. The molecule has 0 aliphatic heterocycles. The lowest BCUT2D eigenvalue weighted by molar-refractivity contribution is 0.373. The Bertz CT molecular complexity index is 765. The zero-order valence-corrected chi connectivity index (χ0v) is 16.2. The van der Waals surface area contributed by atoms with Crippen molar-refractivity contribution in [2.24, 2.45) is 0 Å². The molecular formula is C20H26N4O2. The predicted molar refractivity (Wildman–Crippen MR) is 103 cm³/mol. The van der Waals surface area contributed by atoms with Gasteiger partial charge in [-0.3, -0.25) is 0 Å². The van der Waals surface area contributed by atoms with E-state index < -0.39 is 0 Å². The maximum atomic E-state index is 9.31. The van der Waals surface area contributed by atoms with E-state index >= 15 is 0 Å². The Morgan fingerprint density at radius 2 is 1.81 bits per heavy atom. The third kappa shape index (κ3) is 5.78. The van der Waals surface area contributed by atoms with Gasteiger partial charge in [0.25, 0.3) is 0 Å². The molecule has 1 aromatic carbocycles. The Kier molecular flexibility index (Phi) is 8.65. The van der Waals surface area contributed by atoms with E-state index in [1.54, 1.807) is 14.0 Å². The van der Waals surface area contributed by atoms with Crippen molar-refractivity contribution in [2.45, 2.75) is 40.5 Å². The fourth-order valence-electron chi connectivity index (χ4n) is 2.01. The zero-order valence-electron chi connectivity index (χ0n) is 16.2. The van der Waals surface area contributed by atoms with Crippen LogP contribution in [0.15, 0.2) is 42.3 Å². The van der Waals surface area contributed by atoms with Gasteiger partial charge in [0.2, 0.25) is 17.5 Å². The number of anilines is 1. The number of ether oxygens (including phenoxy) is 2. The Morgan fingerprint density at radius 3 is 2.35 bits per heavy atom. The minimum atomic E-state index is 0.0732. The number of hydrogen-bond donors (Lipinski definition) is 1. The topological polar surface area (TPSA) is 80.1 Å². The average molecular weight is 354 g/mol. The number of methoxy groups -OCH3 is 1. The van der Waals surface area contributed by atoms with Crippen molar-refractivity contribution >= 4 is 5.69 Å². The normalized spacial score (nSPS) is 10.5. The minimum Gasteiger partial charge on any atom is -0.480 e. The van der Waals surface area contributed by atoms with Crippen molar-refractivity contribution in [3.8, 4) is 17.8 Å². The Labute approximate surface area is 155 Å². The van der Waals surface area contributed by atoms with Crippen LogP contribution < -0.4 is 14.8 Å². The molecule has 26 heavy (non-hydrogen) atoms. The molecule has 0 radical (unpaired) electrons. The van der Waals surface area contributed by atoms with Crippen LogP contribution in [0.3, 0.4) is 0 Å². The number of para-hydroxylation sites is 1. The molecule has 0 amide bonds. The van der Waals surface area contributed by atoms with E-state index in [-0.39, 0.29) is 11.7 Å². The molecule has 0 bridgehead atoms. The van der Waals surface area contributed by atoms with Gasteiger partial charge in [0.1, 0.15) is 17.5 Å². The first-order chi connectivity index (χ1) is 12.5. The van der Waals surface area contributed by atoms with Crippen LogP contribution in [0.5, 0.6) is 11.8 Å². The SMILES string of the molecule is CC.COc1nc(C(C)C)c(O/C(C#N)=C/Nc2ccccc2)nc1C. The van der Waals surface area contributed by atoms with Gasteiger partial charge in [-0.1, -0.05) is 45.9 Å². The second-order valence-electron chi connectivity index (χ2n) is 5.40. The number of hydrogen-bond acceptors (Lipinski definition) is 6. The highest BCUT2D eigenvalue weighted by molar-refractivity contribution is 5.46. The quantitative estimate of drug-likeness (QED) is 0.593. The van der Waals surface area contributed by atoms with Gasteiger partial charge in [0.05, 0.1) is 13.3 Å². The van der Waals surface area contributed by atoms with E-state index in [1.807, 2.05) is 64.1 Å². The van der Waals surface area contributed by atoms with E-state index in [2.05, 4.69) is 15.3 Å².